The van der Waals surface area contributed by atoms with E-state index in [-0.39, 0.29) is 13.1 Å². The van der Waals surface area contributed by atoms with E-state index in [4.69, 9.17) is 9.47 Å². The van der Waals surface area contributed by atoms with Crippen LogP contribution in [0, 0.1) is 6.92 Å². The second-order valence-electron chi connectivity index (χ2n) is 13.6. The number of likely N-dealkylation sites (N-methyl/N-ethyl adjacent to an activating group) is 1. The van der Waals surface area contributed by atoms with Crippen LogP contribution in [0.3, 0.4) is 0 Å². The van der Waals surface area contributed by atoms with Crippen LogP contribution in [-0.2, 0) is 25.6 Å². The fourth-order valence-electron chi connectivity index (χ4n) is 6.13. The van der Waals surface area contributed by atoms with Gasteiger partial charge in [0.25, 0.3) is 11.8 Å². The smallest absolute Gasteiger partial charge is 0.410 e. The van der Waals surface area contributed by atoms with Gasteiger partial charge < -0.3 is 24.6 Å². The highest BCUT2D eigenvalue weighted by molar-refractivity contribution is 6.14. The summed E-state index contributed by atoms with van der Waals surface area (Å²) in [5.74, 6) is -1.03. The van der Waals surface area contributed by atoms with Gasteiger partial charge in [-0.05, 0) is 81.6 Å². The van der Waals surface area contributed by atoms with E-state index in [1.807, 2.05) is 68.4 Å². The number of nitrogens with zero attached hydrogens (tertiary/aromatic N) is 3. The van der Waals surface area contributed by atoms with Crippen LogP contribution >= 0.6 is 0 Å². The monoisotopic (exact) mass is 690 g/mol. The van der Waals surface area contributed by atoms with E-state index in [0.29, 0.717) is 34.9 Å². The molecule has 4 amide bonds. The summed E-state index contributed by atoms with van der Waals surface area (Å²) in [4.78, 5) is 60.5. The Bertz CT molecular complexity index is 1980. The third-order valence-corrected chi connectivity index (χ3v) is 8.96. The van der Waals surface area contributed by atoms with Gasteiger partial charge in [0.1, 0.15) is 23.4 Å². The number of benzene rings is 4. The average molecular weight is 691 g/mol. The molecular weight excluding hydrogens is 644 g/mol. The minimum atomic E-state index is -1.18. The summed E-state index contributed by atoms with van der Waals surface area (Å²) in [6.45, 7) is 15.0. The van der Waals surface area contributed by atoms with E-state index in [0.717, 1.165) is 21.9 Å². The number of amides is 4. The van der Waals surface area contributed by atoms with Gasteiger partial charge in [-0.2, -0.15) is 0 Å². The molecule has 4 aromatic rings. The number of ether oxygens (including phenoxy) is 2. The highest BCUT2D eigenvalue weighted by Crippen LogP contribution is 2.37. The van der Waals surface area contributed by atoms with Gasteiger partial charge in [0.2, 0.25) is 5.91 Å². The Morgan fingerprint density at radius 1 is 0.941 bits per heavy atom. The van der Waals surface area contributed by atoms with E-state index in [2.05, 4.69) is 11.9 Å². The Labute approximate surface area is 299 Å². The topological polar surface area (TPSA) is 108 Å². The quantitative estimate of drug-likeness (QED) is 0.188. The maximum absolute atomic E-state index is 14.8. The predicted octanol–water partition coefficient (Wildman–Crippen LogP) is 7.09. The minimum absolute atomic E-state index is 0.177. The normalized spacial score (nSPS) is 15.0. The van der Waals surface area contributed by atoms with Gasteiger partial charge in [0, 0.05) is 12.6 Å². The number of rotatable bonds is 9. The number of carbonyl (C=O) groups is 4. The lowest BCUT2D eigenvalue weighted by Crippen LogP contribution is -2.57. The van der Waals surface area contributed by atoms with E-state index >= 15 is 0 Å². The zero-order chi connectivity index (χ0) is 37.0. The first-order valence-corrected chi connectivity index (χ1v) is 17.1. The number of aryl methyl sites for hydroxylation is 1. The van der Waals surface area contributed by atoms with Gasteiger partial charge >= 0.3 is 6.09 Å². The van der Waals surface area contributed by atoms with Crippen molar-refractivity contribution in [2.24, 2.45) is 0 Å². The molecule has 266 valence electrons. The molecule has 1 N–H and O–H groups in total. The number of hydrogen-bond donors (Lipinski definition) is 1. The third-order valence-electron chi connectivity index (χ3n) is 8.96. The summed E-state index contributed by atoms with van der Waals surface area (Å²) < 4.78 is 11.2. The molecule has 0 fully saturated rings. The van der Waals surface area contributed by atoms with Gasteiger partial charge in [-0.3, -0.25) is 19.3 Å². The molecule has 0 aliphatic carbocycles. The zero-order valence-corrected chi connectivity index (χ0v) is 30.4. The second kappa shape index (κ2) is 15.1. The first kappa shape index (κ1) is 36.6. The molecular formula is C41H46N4O6. The molecule has 0 radical (unpaired) electrons. The van der Waals surface area contributed by atoms with E-state index in [9.17, 15) is 19.2 Å². The van der Waals surface area contributed by atoms with Crippen molar-refractivity contribution in [3.63, 3.8) is 0 Å². The fourth-order valence-corrected chi connectivity index (χ4v) is 6.13. The molecule has 0 bridgehead atoms. The Hall–Kier alpha value is -5.64. The van der Waals surface area contributed by atoms with Crippen LogP contribution in [0.4, 0.5) is 16.2 Å². The number of nitrogens with one attached hydrogen (secondary N) is 1. The highest BCUT2D eigenvalue weighted by Gasteiger charge is 2.39. The van der Waals surface area contributed by atoms with E-state index < -0.39 is 41.5 Å². The summed E-state index contributed by atoms with van der Waals surface area (Å²) in [6.07, 6.45) is -0.680. The third kappa shape index (κ3) is 7.90. The van der Waals surface area contributed by atoms with Gasteiger partial charge in [0.05, 0.1) is 36.6 Å². The van der Waals surface area contributed by atoms with Crippen molar-refractivity contribution in [2.75, 3.05) is 30.0 Å². The lowest BCUT2D eigenvalue weighted by molar-refractivity contribution is -0.130. The van der Waals surface area contributed by atoms with Gasteiger partial charge in [-0.25, -0.2) is 4.79 Å². The molecule has 10 nitrogen and oxygen atoms in total. The molecule has 51 heavy (non-hydrogen) atoms. The largest absolute Gasteiger partial charge is 0.494 e. The molecule has 10 heteroatoms. The molecule has 4 aromatic carbocycles. The summed E-state index contributed by atoms with van der Waals surface area (Å²) in [5, 5.41) is 4.91. The molecule has 1 heterocycles. The van der Waals surface area contributed by atoms with Crippen molar-refractivity contribution in [3.8, 4) is 0 Å². The SMILES string of the molecule is C=C(OCC)c1ccccc1C(=O)N1C[C@H](NC(=O)[C@H](C)N(C)C(=O)OC(C)(C)C)C(=O)N(Cc2c(C)ccc3ccccc23)c2ccccc21. The van der Waals surface area contributed by atoms with Crippen LogP contribution in [0.2, 0.25) is 0 Å². The Morgan fingerprint density at radius 3 is 2.25 bits per heavy atom. The Balaban J connectivity index is 1.60. The predicted molar refractivity (Wildman–Crippen MR) is 200 cm³/mol. The van der Waals surface area contributed by atoms with Crippen molar-refractivity contribution >= 4 is 51.7 Å². The van der Waals surface area contributed by atoms with Crippen molar-refractivity contribution in [2.45, 2.75) is 65.8 Å². The standard InChI is InChI=1S/C41H46N4O6/c1-9-50-28(4)30-17-12-13-19-32(30)38(47)45-25-34(42-37(46)27(3)43(8)40(49)51-41(5,6)7)39(48)44(35-20-14-15-21-36(35)45)24-33-26(2)22-23-29-16-10-11-18-31(29)33/h10-23,27,34H,4,9,24-25H2,1-3,5-8H3,(H,42,46)/t27-,34-/m0/s1. The number of hydrogen-bond acceptors (Lipinski definition) is 6. The Kier molecular flexibility index (Phi) is 10.8. The minimum Gasteiger partial charge on any atom is -0.494 e. The lowest BCUT2D eigenvalue weighted by Gasteiger charge is -2.30. The van der Waals surface area contributed by atoms with Gasteiger partial charge in [-0.15, -0.1) is 0 Å². The first-order valence-electron chi connectivity index (χ1n) is 17.1. The molecule has 1 aliphatic heterocycles. The maximum atomic E-state index is 14.8. The average Bonchev–Trinajstić information content (AvgIpc) is 3.21. The van der Waals surface area contributed by atoms with Crippen LogP contribution in [0.15, 0.2) is 91.5 Å². The van der Waals surface area contributed by atoms with Crippen LogP contribution in [0.25, 0.3) is 16.5 Å². The van der Waals surface area contributed by atoms with Crippen molar-refractivity contribution < 1.29 is 28.7 Å². The summed E-state index contributed by atoms with van der Waals surface area (Å²) in [7, 11) is 1.47. The summed E-state index contributed by atoms with van der Waals surface area (Å²) >= 11 is 0. The number of anilines is 2. The molecule has 2 atom stereocenters. The molecule has 5 rings (SSSR count). The maximum Gasteiger partial charge on any atom is 0.410 e. The summed E-state index contributed by atoms with van der Waals surface area (Å²) in [5.41, 5.74) is 3.04. The molecule has 0 saturated heterocycles. The zero-order valence-electron chi connectivity index (χ0n) is 30.4. The lowest BCUT2D eigenvalue weighted by atomic mass is 9.99. The van der Waals surface area contributed by atoms with Crippen LogP contribution in [0.1, 0.15) is 61.7 Å². The number of para-hydroxylation sites is 2. The van der Waals surface area contributed by atoms with Gasteiger partial charge in [0.15, 0.2) is 0 Å². The molecule has 0 spiro atoms. The summed E-state index contributed by atoms with van der Waals surface area (Å²) in [6, 6.07) is 24.1. The first-order chi connectivity index (χ1) is 24.2. The fraction of sp³-hybridized carbons (Fsp3) is 0.317. The van der Waals surface area contributed by atoms with E-state index in [1.165, 1.54) is 16.8 Å². The molecule has 0 unspecified atom stereocenters. The Morgan fingerprint density at radius 2 is 1.57 bits per heavy atom. The van der Waals surface area contributed by atoms with Crippen molar-refractivity contribution in [3.05, 3.63) is 114 Å². The molecule has 0 aromatic heterocycles. The molecule has 1 aliphatic rings. The second-order valence-corrected chi connectivity index (χ2v) is 13.6. The molecule has 0 saturated carbocycles. The van der Waals surface area contributed by atoms with Crippen LogP contribution in [-0.4, -0.2) is 66.6 Å². The van der Waals surface area contributed by atoms with Crippen molar-refractivity contribution in [1.82, 2.24) is 10.2 Å². The number of carbonyl (C=O) groups excluding carboxylic acids is 4. The highest BCUT2D eigenvalue weighted by atomic mass is 16.6. The van der Waals surface area contributed by atoms with E-state index in [1.54, 1.807) is 62.9 Å². The number of fused-ring (bicyclic) bond motifs is 2. The van der Waals surface area contributed by atoms with Crippen LogP contribution < -0.4 is 15.1 Å². The van der Waals surface area contributed by atoms with Crippen molar-refractivity contribution in [1.29, 1.82) is 0 Å². The van der Waals surface area contributed by atoms with Gasteiger partial charge in [-0.1, -0.05) is 73.3 Å². The van der Waals surface area contributed by atoms with Crippen LogP contribution in [0.5, 0.6) is 0 Å².